The molecule has 136 valence electrons. The Morgan fingerprint density at radius 3 is 2.76 bits per heavy atom. The molecule has 1 N–H and O–H groups in total. The fraction of sp³-hybridized carbons (Fsp3) is 0.500. The summed E-state index contributed by atoms with van der Waals surface area (Å²) in [5, 5.41) is 6.94. The maximum atomic E-state index is 12.0. The van der Waals surface area contributed by atoms with Crippen molar-refractivity contribution in [3.05, 3.63) is 36.0 Å². The summed E-state index contributed by atoms with van der Waals surface area (Å²) in [7, 11) is 1.62. The minimum atomic E-state index is -0.0148. The Labute approximate surface area is 149 Å². The SMILES string of the molecule is CCCCCCCCNC(=O)Cc1cc(-c2cccc(OC)c2)on1. The molecule has 0 aliphatic heterocycles. The lowest BCUT2D eigenvalue weighted by Crippen LogP contribution is -2.26. The molecule has 0 aliphatic rings. The third-order valence-electron chi connectivity index (χ3n) is 4.11. The molecule has 5 nitrogen and oxygen atoms in total. The van der Waals surface area contributed by atoms with E-state index < -0.39 is 0 Å². The van der Waals surface area contributed by atoms with Crippen LogP contribution in [0.5, 0.6) is 5.75 Å². The summed E-state index contributed by atoms with van der Waals surface area (Å²) in [5.74, 6) is 1.38. The Morgan fingerprint density at radius 1 is 1.16 bits per heavy atom. The molecule has 0 atom stereocenters. The van der Waals surface area contributed by atoms with Gasteiger partial charge in [-0.25, -0.2) is 0 Å². The predicted molar refractivity (Wildman–Crippen MR) is 98.6 cm³/mol. The zero-order chi connectivity index (χ0) is 17.9. The highest BCUT2D eigenvalue weighted by atomic mass is 16.5. The van der Waals surface area contributed by atoms with Gasteiger partial charge in [-0.15, -0.1) is 0 Å². The minimum Gasteiger partial charge on any atom is -0.497 e. The number of aromatic nitrogens is 1. The van der Waals surface area contributed by atoms with E-state index in [0.717, 1.165) is 24.3 Å². The Balaban J connectivity index is 1.74. The number of amides is 1. The summed E-state index contributed by atoms with van der Waals surface area (Å²) >= 11 is 0. The number of ether oxygens (including phenoxy) is 1. The van der Waals surface area contributed by atoms with Gasteiger partial charge >= 0.3 is 0 Å². The van der Waals surface area contributed by atoms with Crippen LogP contribution in [0.4, 0.5) is 0 Å². The predicted octanol–water partition coefficient (Wildman–Crippen LogP) is 4.37. The van der Waals surface area contributed by atoms with Crippen molar-refractivity contribution < 1.29 is 14.1 Å². The number of hydrogen-bond donors (Lipinski definition) is 1. The molecule has 2 rings (SSSR count). The normalized spacial score (nSPS) is 10.6. The van der Waals surface area contributed by atoms with E-state index in [1.165, 1.54) is 32.1 Å². The summed E-state index contributed by atoms with van der Waals surface area (Å²) in [6.07, 6.45) is 7.53. The van der Waals surface area contributed by atoms with Crippen LogP contribution < -0.4 is 10.1 Å². The van der Waals surface area contributed by atoms with Gasteiger partial charge in [0, 0.05) is 18.2 Å². The van der Waals surface area contributed by atoms with Gasteiger partial charge in [0.05, 0.1) is 19.2 Å². The molecule has 0 saturated carbocycles. The van der Waals surface area contributed by atoms with E-state index >= 15 is 0 Å². The van der Waals surface area contributed by atoms with Crippen molar-refractivity contribution in [2.75, 3.05) is 13.7 Å². The number of nitrogens with one attached hydrogen (secondary N) is 1. The molecular formula is C20H28N2O3. The molecule has 0 bridgehead atoms. The lowest BCUT2D eigenvalue weighted by Gasteiger charge is -2.03. The molecule has 0 unspecified atom stereocenters. The van der Waals surface area contributed by atoms with E-state index in [0.29, 0.717) is 11.5 Å². The number of rotatable bonds is 11. The monoisotopic (exact) mass is 344 g/mol. The van der Waals surface area contributed by atoms with Crippen LogP contribution in [0.3, 0.4) is 0 Å². The highest BCUT2D eigenvalue weighted by Gasteiger charge is 2.11. The van der Waals surface area contributed by atoms with Gasteiger partial charge in [-0.05, 0) is 18.6 Å². The fourth-order valence-corrected chi connectivity index (χ4v) is 2.67. The second-order valence-corrected chi connectivity index (χ2v) is 6.21. The van der Waals surface area contributed by atoms with Crippen molar-refractivity contribution in [1.82, 2.24) is 10.5 Å². The summed E-state index contributed by atoms with van der Waals surface area (Å²) in [6, 6.07) is 9.37. The third-order valence-corrected chi connectivity index (χ3v) is 4.11. The van der Waals surface area contributed by atoms with Crippen LogP contribution in [0.15, 0.2) is 34.9 Å². The molecule has 0 fully saturated rings. The molecule has 0 radical (unpaired) electrons. The number of carbonyl (C=O) groups is 1. The summed E-state index contributed by atoms with van der Waals surface area (Å²) in [5.41, 5.74) is 1.52. The minimum absolute atomic E-state index is 0.0148. The van der Waals surface area contributed by atoms with Crippen LogP contribution in [0.2, 0.25) is 0 Å². The highest BCUT2D eigenvalue weighted by Crippen LogP contribution is 2.24. The first kappa shape index (κ1) is 19.0. The Morgan fingerprint density at radius 2 is 1.96 bits per heavy atom. The Kier molecular flexibility index (Phi) is 8.02. The first-order valence-corrected chi connectivity index (χ1v) is 9.09. The molecule has 2 aromatic rings. The molecule has 5 heteroatoms. The van der Waals surface area contributed by atoms with Gasteiger partial charge in [-0.3, -0.25) is 4.79 Å². The number of methoxy groups -OCH3 is 1. The second-order valence-electron chi connectivity index (χ2n) is 6.21. The van der Waals surface area contributed by atoms with Crippen LogP contribution in [-0.2, 0) is 11.2 Å². The smallest absolute Gasteiger partial charge is 0.226 e. The average Bonchev–Trinajstić information content (AvgIpc) is 3.09. The molecule has 0 spiro atoms. The topological polar surface area (TPSA) is 64.4 Å². The summed E-state index contributed by atoms with van der Waals surface area (Å²) in [4.78, 5) is 12.0. The van der Waals surface area contributed by atoms with Gasteiger partial charge in [0.15, 0.2) is 5.76 Å². The van der Waals surface area contributed by atoms with E-state index in [-0.39, 0.29) is 12.3 Å². The Bertz CT molecular complexity index is 652. The van der Waals surface area contributed by atoms with E-state index in [4.69, 9.17) is 9.26 Å². The molecule has 1 heterocycles. The van der Waals surface area contributed by atoms with Gasteiger partial charge in [-0.1, -0.05) is 56.3 Å². The van der Waals surface area contributed by atoms with Crippen molar-refractivity contribution in [1.29, 1.82) is 0 Å². The van der Waals surface area contributed by atoms with Crippen molar-refractivity contribution in [3.8, 4) is 17.1 Å². The first-order valence-electron chi connectivity index (χ1n) is 9.09. The van der Waals surface area contributed by atoms with Crippen molar-refractivity contribution in [2.24, 2.45) is 0 Å². The van der Waals surface area contributed by atoms with Crippen LogP contribution in [0.25, 0.3) is 11.3 Å². The van der Waals surface area contributed by atoms with E-state index in [1.807, 2.05) is 24.3 Å². The molecular weight excluding hydrogens is 316 g/mol. The van der Waals surface area contributed by atoms with Crippen LogP contribution in [0, 0.1) is 0 Å². The van der Waals surface area contributed by atoms with E-state index in [9.17, 15) is 4.79 Å². The average molecular weight is 344 g/mol. The quantitative estimate of drug-likeness (QED) is 0.615. The molecule has 1 aromatic carbocycles. The molecule has 0 aliphatic carbocycles. The summed E-state index contributed by atoms with van der Waals surface area (Å²) < 4.78 is 10.6. The van der Waals surface area contributed by atoms with Crippen LogP contribution >= 0.6 is 0 Å². The lowest BCUT2D eigenvalue weighted by molar-refractivity contribution is -0.120. The summed E-state index contributed by atoms with van der Waals surface area (Å²) in [6.45, 7) is 2.94. The standard InChI is InChI=1S/C20H28N2O3/c1-3-4-5-6-7-8-12-21-20(23)15-17-14-19(25-22-17)16-10-9-11-18(13-16)24-2/h9-11,13-14H,3-8,12,15H2,1-2H3,(H,21,23). The van der Waals surface area contributed by atoms with Crippen molar-refractivity contribution >= 4 is 5.91 Å². The molecule has 1 aromatic heterocycles. The van der Waals surface area contributed by atoms with Gasteiger partial charge < -0.3 is 14.6 Å². The van der Waals surface area contributed by atoms with Crippen molar-refractivity contribution in [3.63, 3.8) is 0 Å². The number of hydrogen-bond acceptors (Lipinski definition) is 4. The number of benzene rings is 1. The van der Waals surface area contributed by atoms with Crippen molar-refractivity contribution in [2.45, 2.75) is 51.9 Å². The largest absolute Gasteiger partial charge is 0.497 e. The van der Waals surface area contributed by atoms with Crippen LogP contribution in [-0.4, -0.2) is 24.7 Å². The number of unbranched alkanes of at least 4 members (excludes halogenated alkanes) is 5. The zero-order valence-corrected chi connectivity index (χ0v) is 15.2. The van der Waals surface area contributed by atoms with Gasteiger partial charge in [0.1, 0.15) is 5.75 Å². The first-order chi connectivity index (χ1) is 12.2. The maximum Gasteiger partial charge on any atom is 0.226 e. The molecule has 25 heavy (non-hydrogen) atoms. The zero-order valence-electron chi connectivity index (χ0n) is 15.2. The molecule has 1 amide bonds. The highest BCUT2D eigenvalue weighted by molar-refractivity contribution is 5.78. The van der Waals surface area contributed by atoms with Gasteiger partial charge in [-0.2, -0.15) is 0 Å². The fourth-order valence-electron chi connectivity index (χ4n) is 2.67. The second kappa shape index (κ2) is 10.5. The number of carbonyl (C=O) groups excluding carboxylic acids is 1. The lowest BCUT2D eigenvalue weighted by atomic mass is 10.1. The third kappa shape index (κ3) is 6.61. The Hall–Kier alpha value is -2.30. The van der Waals surface area contributed by atoms with E-state index in [2.05, 4.69) is 17.4 Å². The van der Waals surface area contributed by atoms with Gasteiger partial charge in [0.2, 0.25) is 5.91 Å². The van der Waals surface area contributed by atoms with E-state index in [1.54, 1.807) is 13.2 Å². The molecule has 0 saturated heterocycles. The number of nitrogens with zero attached hydrogens (tertiary/aromatic N) is 1. The maximum absolute atomic E-state index is 12.0. The van der Waals surface area contributed by atoms with Crippen LogP contribution in [0.1, 0.15) is 51.1 Å². The van der Waals surface area contributed by atoms with Gasteiger partial charge in [0.25, 0.3) is 0 Å².